The van der Waals surface area contributed by atoms with Crippen molar-refractivity contribution in [3.05, 3.63) is 30.1 Å². The molecule has 0 atom stereocenters. The summed E-state index contributed by atoms with van der Waals surface area (Å²) in [5.74, 6) is 0.0600. The van der Waals surface area contributed by atoms with Crippen LogP contribution in [0.15, 0.2) is 24.3 Å². The highest BCUT2D eigenvalue weighted by molar-refractivity contribution is 5.75. The highest BCUT2D eigenvalue weighted by Gasteiger charge is 2.00. The summed E-state index contributed by atoms with van der Waals surface area (Å²) in [6, 6.07) is 5.93. The number of carbonyl (C=O) groups excluding carboxylic acids is 1. The van der Waals surface area contributed by atoms with Gasteiger partial charge >= 0.3 is 0 Å². The summed E-state index contributed by atoms with van der Waals surface area (Å²) < 4.78 is 18.0. The second-order valence-corrected chi connectivity index (χ2v) is 3.21. The molecule has 16 heavy (non-hydrogen) atoms. The van der Waals surface area contributed by atoms with Gasteiger partial charge in [-0.2, -0.15) is 0 Å². The van der Waals surface area contributed by atoms with Gasteiger partial charge in [0.15, 0.2) is 0 Å². The van der Waals surface area contributed by atoms with Crippen molar-refractivity contribution in [1.82, 2.24) is 10.9 Å². The number of rotatable bonds is 6. The maximum atomic E-state index is 12.8. The van der Waals surface area contributed by atoms with Crippen LogP contribution in [-0.4, -0.2) is 19.6 Å². The number of hydrogen-bond acceptors (Lipinski definition) is 3. The Morgan fingerprint density at radius 2 is 2.31 bits per heavy atom. The summed E-state index contributed by atoms with van der Waals surface area (Å²) in [4.78, 5) is 11.0. The number of ether oxygens (including phenoxy) is 1. The number of carbonyl (C=O) groups is 1. The summed E-state index contributed by atoms with van der Waals surface area (Å²) >= 11 is 0. The van der Waals surface area contributed by atoms with Crippen molar-refractivity contribution in [2.45, 2.75) is 12.8 Å². The normalized spacial score (nSPS) is 9.88. The molecule has 0 saturated carbocycles. The van der Waals surface area contributed by atoms with Crippen molar-refractivity contribution < 1.29 is 13.9 Å². The fourth-order valence-electron chi connectivity index (χ4n) is 1.18. The Labute approximate surface area is 93.8 Å². The average Bonchev–Trinajstić information content (AvgIpc) is 2.25. The molecule has 0 heterocycles. The van der Waals surface area contributed by atoms with Crippen LogP contribution in [0.4, 0.5) is 4.39 Å². The first-order valence-electron chi connectivity index (χ1n) is 5.06. The fraction of sp³-hybridized carbons (Fsp3) is 0.364. The lowest BCUT2D eigenvalue weighted by molar-refractivity contribution is -0.122. The third kappa shape index (κ3) is 4.75. The minimum Gasteiger partial charge on any atom is -0.493 e. The van der Waals surface area contributed by atoms with E-state index in [1.807, 2.05) is 0 Å². The first-order chi connectivity index (χ1) is 7.72. The second-order valence-electron chi connectivity index (χ2n) is 3.21. The standard InChI is InChI=1S/C11H15FN2O2/c1-13-14-11(15)6-3-7-16-10-5-2-4-9(12)8-10/h2,4-5,8,13H,3,6-7H2,1H3,(H,14,15). The van der Waals surface area contributed by atoms with E-state index in [1.54, 1.807) is 19.2 Å². The second kappa shape index (κ2) is 6.79. The molecule has 0 fully saturated rings. The van der Waals surface area contributed by atoms with E-state index in [-0.39, 0.29) is 11.7 Å². The number of halogens is 1. The molecule has 0 spiro atoms. The molecule has 0 bridgehead atoms. The van der Waals surface area contributed by atoms with Crippen molar-refractivity contribution in [2.75, 3.05) is 13.7 Å². The number of hydrazine groups is 1. The minimum atomic E-state index is -0.328. The van der Waals surface area contributed by atoms with Gasteiger partial charge in [-0.05, 0) is 18.6 Å². The summed E-state index contributed by atoms with van der Waals surface area (Å²) in [7, 11) is 1.63. The molecule has 4 nitrogen and oxygen atoms in total. The van der Waals surface area contributed by atoms with Gasteiger partial charge in [0.25, 0.3) is 0 Å². The van der Waals surface area contributed by atoms with E-state index in [9.17, 15) is 9.18 Å². The summed E-state index contributed by atoms with van der Waals surface area (Å²) in [6.45, 7) is 0.389. The molecule has 1 amide bonds. The van der Waals surface area contributed by atoms with E-state index in [0.717, 1.165) is 0 Å². The smallest absolute Gasteiger partial charge is 0.234 e. The lowest BCUT2D eigenvalue weighted by Crippen LogP contribution is -2.34. The van der Waals surface area contributed by atoms with Crippen LogP contribution in [0.2, 0.25) is 0 Å². The van der Waals surface area contributed by atoms with Gasteiger partial charge < -0.3 is 4.74 Å². The molecular weight excluding hydrogens is 211 g/mol. The molecule has 2 N–H and O–H groups in total. The molecule has 0 unspecified atom stereocenters. The molecule has 1 rings (SSSR count). The molecule has 1 aromatic carbocycles. The van der Waals surface area contributed by atoms with Gasteiger partial charge in [-0.25, -0.2) is 9.82 Å². The molecule has 0 saturated heterocycles. The quantitative estimate of drug-likeness (QED) is 0.566. The van der Waals surface area contributed by atoms with E-state index in [0.29, 0.717) is 25.2 Å². The van der Waals surface area contributed by atoms with Gasteiger partial charge in [0, 0.05) is 19.5 Å². The molecule has 5 heteroatoms. The summed E-state index contributed by atoms with van der Waals surface area (Å²) in [5, 5.41) is 0. The summed E-state index contributed by atoms with van der Waals surface area (Å²) in [5.41, 5.74) is 4.99. The first-order valence-corrected chi connectivity index (χ1v) is 5.06. The lowest BCUT2D eigenvalue weighted by atomic mass is 10.3. The van der Waals surface area contributed by atoms with E-state index < -0.39 is 0 Å². The number of hydrogen-bond donors (Lipinski definition) is 2. The molecule has 0 aromatic heterocycles. The van der Waals surface area contributed by atoms with Crippen LogP contribution in [0, 0.1) is 5.82 Å². The van der Waals surface area contributed by atoms with Crippen molar-refractivity contribution >= 4 is 5.91 Å². The zero-order valence-corrected chi connectivity index (χ0v) is 9.13. The van der Waals surface area contributed by atoms with Crippen molar-refractivity contribution in [3.8, 4) is 5.75 Å². The molecule has 0 aliphatic heterocycles. The van der Waals surface area contributed by atoms with E-state index >= 15 is 0 Å². The number of nitrogens with one attached hydrogen (secondary N) is 2. The minimum absolute atomic E-state index is 0.0923. The Morgan fingerprint density at radius 3 is 3.00 bits per heavy atom. The van der Waals surface area contributed by atoms with Crippen molar-refractivity contribution in [3.63, 3.8) is 0 Å². The van der Waals surface area contributed by atoms with Crippen LogP contribution in [-0.2, 0) is 4.79 Å². The molecular formula is C11H15FN2O2. The van der Waals surface area contributed by atoms with Gasteiger partial charge in [-0.1, -0.05) is 6.07 Å². The number of amides is 1. The Kier molecular flexibility index (Phi) is 5.28. The monoisotopic (exact) mass is 226 g/mol. The van der Waals surface area contributed by atoms with Gasteiger partial charge in [0.2, 0.25) is 5.91 Å². The largest absolute Gasteiger partial charge is 0.493 e. The third-order valence-corrected chi connectivity index (χ3v) is 1.88. The zero-order chi connectivity index (χ0) is 11.8. The maximum absolute atomic E-state index is 12.8. The van der Waals surface area contributed by atoms with Crippen molar-refractivity contribution in [2.24, 2.45) is 0 Å². The lowest BCUT2D eigenvalue weighted by Gasteiger charge is -2.06. The van der Waals surface area contributed by atoms with Crippen LogP contribution in [0.5, 0.6) is 5.75 Å². The third-order valence-electron chi connectivity index (χ3n) is 1.88. The average molecular weight is 226 g/mol. The SMILES string of the molecule is CNNC(=O)CCCOc1cccc(F)c1. The molecule has 0 aliphatic carbocycles. The van der Waals surface area contributed by atoms with Gasteiger partial charge in [0.1, 0.15) is 11.6 Å². The van der Waals surface area contributed by atoms with Crippen LogP contribution in [0.1, 0.15) is 12.8 Å². The van der Waals surface area contributed by atoms with E-state index in [1.165, 1.54) is 12.1 Å². The van der Waals surface area contributed by atoms with Crippen molar-refractivity contribution in [1.29, 1.82) is 0 Å². The Morgan fingerprint density at radius 1 is 1.50 bits per heavy atom. The molecule has 88 valence electrons. The first kappa shape index (κ1) is 12.4. The topological polar surface area (TPSA) is 50.4 Å². The molecule has 0 radical (unpaired) electrons. The highest BCUT2D eigenvalue weighted by atomic mass is 19.1. The van der Waals surface area contributed by atoms with Crippen LogP contribution in [0.3, 0.4) is 0 Å². The Hall–Kier alpha value is -1.62. The van der Waals surface area contributed by atoms with Gasteiger partial charge in [0.05, 0.1) is 6.61 Å². The highest BCUT2D eigenvalue weighted by Crippen LogP contribution is 2.12. The van der Waals surface area contributed by atoms with Crippen LogP contribution >= 0.6 is 0 Å². The molecule has 0 aliphatic rings. The Balaban J connectivity index is 2.18. The molecule has 1 aromatic rings. The van der Waals surface area contributed by atoms with Crippen LogP contribution < -0.4 is 15.6 Å². The predicted octanol–water partition coefficient (Wildman–Crippen LogP) is 1.24. The zero-order valence-electron chi connectivity index (χ0n) is 9.13. The van der Waals surface area contributed by atoms with E-state index in [2.05, 4.69) is 10.9 Å². The maximum Gasteiger partial charge on any atom is 0.234 e. The van der Waals surface area contributed by atoms with Crippen LogP contribution in [0.25, 0.3) is 0 Å². The predicted molar refractivity (Wildman–Crippen MR) is 58.3 cm³/mol. The summed E-state index contributed by atoms with van der Waals surface area (Å²) in [6.07, 6.45) is 0.959. The fourth-order valence-corrected chi connectivity index (χ4v) is 1.18. The van der Waals surface area contributed by atoms with Gasteiger partial charge in [-0.15, -0.1) is 0 Å². The van der Waals surface area contributed by atoms with Gasteiger partial charge in [-0.3, -0.25) is 10.2 Å². The number of benzene rings is 1. The Bertz CT molecular complexity index is 345. The van der Waals surface area contributed by atoms with E-state index in [4.69, 9.17) is 4.74 Å².